The molecule has 36 heavy (non-hydrogen) atoms. The van der Waals surface area contributed by atoms with Crippen molar-refractivity contribution in [1.29, 1.82) is 0 Å². The number of amides is 4. The minimum atomic E-state index is -0.889. The van der Waals surface area contributed by atoms with Crippen molar-refractivity contribution in [2.75, 3.05) is 23.5 Å². The largest absolute Gasteiger partial charge is 0.496 e. The van der Waals surface area contributed by atoms with Crippen molar-refractivity contribution in [2.24, 2.45) is 0 Å². The Hall–Kier alpha value is -3.29. The molecule has 0 atom stereocenters. The average Bonchev–Trinajstić information content (AvgIpc) is 2.80. The zero-order valence-corrected chi connectivity index (χ0v) is 22.3. The molecule has 1 saturated heterocycles. The van der Waals surface area contributed by atoms with E-state index in [4.69, 9.17) is 27.9 Å². The smallest absolute Gasteiger partial charge is 0.335 e. The SMILES string of the molecule is CCCN1c2cc(OC)c(/C=C3/C(=O)NC(=O)N(c4ccc(Cl)cc4Cl)C3=O)cc2C(C)=CC1(C)C. The molecule has 2 aliphatic heterocycles. The van der Waals surface area contributed by atoms with Crippen molar-refractivity contribution in [3.63, 3.8) is 0 Å². The standard InChI is InChI=1S/C27H27Cl2N3O4/c1-6-9-31-22-13-23(36-5)16(10-18(22)15(2)14-27(31,3)4)11-19-24(33)30-26(35)32(25(19)34)21-8-7-17(28)12-20(21)29/h7-8,10-14H,6,9H2,1-5H3,(H,30,33,35)/b19-11-. The molecule has 0 spiro atoms. The first kappa shape index (κ1) is 25.8. The molecule has 0 aliphatic carbocycles. The fraction of sp³-hybridized carbons (Fsp3) is 0.296. The number of methoxy groups -OCH3 is 1. The van der Waals surface area contributed by atoms with Crippen LogP contribution in [-0.2, 0) is 9.59 Å². The summed E-state index contributed by atoms with van der Waals surface area (Å²) in [6, 6.07) is 7.33. The lowest BCUT2D eigenvalue weighted by atomic mass is 9.87. The highest BCUT2D eigenvalue weighted by Crippen LogP contribution is 2.43. The van der Waals surface area contributed by atoms with Crippen molar-refractivity contribution < 1.29 is 19.1 Å². The van der Waals surface area contributed by atoms with Crippen LogP contribution in [0.3, 0.4) is 0 Å². The van der Waals surface area contributed by atoms with Crippen LogP contribution >= 0.6 is 23.2 Å². The fourth-order valence-corrected chi connectivity index (χ4v) is 5.23. The van der Waals surface area contributed by atoms with Crippen molar-refractivity contribution in [3.05, 3.63) is 63.2 Å². The Morgan fingerprint density at radius 2 is 1.81 bits per heavy atom. The molecular formula is C27H27Cl2N3O4. The van der Waals surface area contributed by atoms with Crippen LogP contribution < -0.4 is 19.9 Å². The summed E-state index contributed by atoms with van der Waals surface area (Å²) in [5, 5.41) is 2.67. The van der Waals surface area contributed by atoms with Gasteiger partial charge in [0.25, 0.3) is 11.8 Å². The normalized spacial score (nSPS) is 18.2. The second-order valence-corrected chi connectivity index (χ2v) is 10.1. The van der Waals surface area contributed by atoms with Gasteiger partial charge in [-0.3, -0.25) is 14.9 Å². The van der Waals surface area contributed by atoms with Gasteiger partial charge in [-0.05, 0) is 63.1 Å². The van der Waals surface area contributed by atoms with E-state index in [-0.39, 0.29) is 21.8 Å². The Morgan fingerprint density at radius 3 is 2.44 bits per heavy atom. The number of allylic oxidation sites excluding steroid dienone is 1. The van der Waals surface area contributed by atoms with Gasteiger partial charge >= 0.3 is 6.03 Å². The lowest BCUT2D eigenvalue weighted by Crippen LogP contribution is -2.54. The summed E-state index contributed by atoms with van der Waals surface area (Å²) in [5.74, 6) is -1.10. The molecule has 2 aromatic carbocycles. The molecule has 0 saturated carbocycles. The summed E-state index contributed by atoms with van der Waals surface area (Å²) in [4.78, 5) is 41.9. The number of hydrogen-bond acceptors (Lipinski definition) is 5. The van der Waals surface area contributed by atoms with E-state index < -0.39 is 17.8 Å². The predicted octanol–water partition coefficient (Wildman–Crippen LogP) is 6.08. The minimum Gasteiger partial charge on any atom is -0.496 e. The summed E-state index contributed by atoms with van der Waals surface area (Å²) in [6.07, 6.45) is 4.61. The number of urea groups is 1. The number of halogens is 2. The zero-order chi connectivity index (χ0) is 26.4. The number of nitrogens with zero attached hydrogens (tertiary/aromatic N) is 2. The number of nitrogens with one attached hydrogen (secondary N) is 1. The number of carbonyl (C=O) groups excluding carboxylic acids is 3. The molecule has 9 heteroatoms. The van der Waals surface area contributed by atoms with Crippen LogP contribution in [0.25, 0.3) is 11.6 Å². The van der Waals surface area contributed by atoms with Crippen molar-refractivity contribution in [3.8, 4) is 5.75 Å². The molecule has 0 aromatic heterocycles. The second kappa shape index (κ2) is 9.64. The number of fused-ring (bicyclic) bond motifs is 1. The maximum atomic E-state index is 13.4. The first-order valence-electron chi connectivity index (χ1n) is 11.5. The molecule has 7 nitrogen and oxygen atoms in total. The van der Waals surface area contributed by atoms with Crippen molar-refractivity contribution >= 4 is 64.1 Å². The Labute approximate surface area is 220 Å². The van der Waals surface area contributed by atoms with E-state index in [1.54, 1.807) is 0 Å². The quantitative estimate of drug-likeness (QED) is 0.376. The number of ether oxygens (including phenoxy) is 1. The van der Waals surface area contributed by atoms with Gasteiger partial charge in [-0.25, -0.2) is 9.69 Å². The van der Waals surface area contributed by atoms with Crippen LogP contribution in [0.1, 0.15) is 45.2 Å². The molecule has 2 heterocycles. The third kappa shape index (κ3) is 4.49. The summed E-state index contributed by atoms with van der Waals surface area (Å²) in [6.45, 7) is 9.35. The second-order valence-electron chi connectivity index (χ2n) is 9.30. The maximum absolute atomic E-state index is 13.4. The lowest BCUT2D eigenvalue weighted by molar-refractivity contribution is -0.122. The van der Waals surface area contributed by atoms with Crippen LogP contribution in [0.5, 0.6) is 5.75 Å². The van der Waals surface area contributed by atoms with E-state index in [0.717, 1.165) is 34.7 Å². The Kier molecular flexibility index (Phi) is 6.90. The molecule has 0 unspecified atom stereocenters. The summed E-state index contributed by atoms with van der Waals surface area (Å²) in [5.41, 5.74) is 3.33. The van der Waals surface area contributed by atoms with Gasteiger partial charge < -0.3 is 9.64 Å². The van der Waals surface area contributed by atoms with Gasteiger partial charge in [-0.1, -0.05) is 36.2 Å². The molecule has 188 valence electrons. The first-order chi connectivity index (χ1) is 17.0. The maximum Gasteiger partial charge on any atom is 0.335 e. The third-order valence-corrected chi connectivity index (χ3v) is 6.87. The van der Waals surface area contributed by atoms with Crippen molar-refractivity contribution in [1.82, 2.24) is 5.32 Å². The summed E-state index contributed by atoms with van der Waals surface area (Å²) in [7, 11) is 1.54. The molecular weight excluding hydrogens is 501 g/mol. The molecule has 1 fully saturated rings. The number of anilines is 2. The number of benzene rings is 2. The number of barbiturate groups is 1. The Balaban J connectivity index is 1.83. The molecule has 2 aliphatic rings. The van der Waals surface area contributed by atoms with Crippen LogP contribution in [-0.4, -0.2) is 37.0 Å². The highest BCUT2D eigenvalue weighted by molar-refractivity contribution is 6.42. The van der Waals surface area contributed by atoms with Gasteiger partial charge in [0.1, 0.15) is 11.3 Å². The van der Waals surface area contributed by atoms with Crippen LogP contribution in [0.2, 0.25) is 10.0 Å². The van der Waals surface area contributed by atoms with Crippen LogP contribution in [0, 0.1) is 0 Å². The molecule has 0 radical (unpaired) electrons. The average molecular weight is 528 g/mol. The summed E-state index contributed by atoms with van der Waals surface area (Å²) < 4.78 is 5.67. The van der Waals surface area contributed by atoms with E-state index >= 15 is 0 Å². The first-order valence-corrected chi connectivity index (χ1v) is 12.3. The molecule has 1 N–H and O–H groups in total. The van der Waals surface area contributed by atoms with Crippen LogP contribution in [0.4, 0.5) is 16.2 Å². The molecule has 4 rings (SSSR count). The Morgan fingerprint density at radius 1 is 1.08 bits per heavy atom. The van der Waals surface area contributed by atoms with Crippen molar-refractivity contribution in [2.45, 2.75) is 39.7 Å². The number of rotatable bonds is 5. The number of imide groups is 2. The monoisotopic (exact) mass is 527 g/mol. The van der Waals surface area contributed by atoms with E-state index in [9.17, 15) is 14.4 Å². The van der Waals surface area contributed by atoms with E-state index in [1.165, 1.54) is 31.4 Å². The van der Waals surface area contributed by atoms with Gasteiger partial charge in [0.05, 0.1) is 23.4 Å². The minimum absolute atomic E-state index is 0.102. The topological polar surface area (TPSA) is 79.0 Å². The fourth-order valence-electron chi connectivity index (χ4n) is 4.74. The van der Waals surface area contributed by atoms with Gasteiger partial charge in [0.2, 0.25) is 0 Å². The van der Waals surface area contributed by atoms with Gasteiger partial charge in [0.15, 0.2) is 0 Å². The lowest BCUT2D eigenvalue weighted by Gasteiger charge is -2.43. The van der Waals surface area contributed by atoms with Gasteiger partial charge in [-0.15, -0.1) is 0 Å². The number of carbonyl (C=O) groups is 3. The van der Waals surface area contributed by atoms with E-state index in [2.05, 4.69) is 37.1 Å². The Bertz CT molecular complexity index is 1350. The van der Waals surface area contributed by atoms with Gasteiger partial charge in [0, 0.05) is 34.4 Å². The molecule has 4 amide bonds. The van der Waals surface area contributed by atoms with E-state index in [0.29, 0.717) is 16.3 Å². The van der Waals surface area contributed by atoms with Crippen LogP contribution in [0.15, 0.2) is 42.0 Å². The number of hydrogen-bond donors (Lipinski definition) is 1. The molecule has 2 aromatic rings. The predicted molar refractivity (Wildman–Crippen MR) is 144 cm³/mol. The zero-order valence-electron chi connectivity index (χ0n) is 20.7. The molecule has 0 bridgehead atoms. The highest BCUT2D eigenvalue weighted by Gasteiger charge is 2.38. The third-order valence-electron chi connectivity index (χ3n) is 6.33. The van der Waals surface area contributed by atoms with E-state index in [1.807, 2.05) is 19.1 Å². The summed E-state index contributed by atoms with van der Waals surface area (Å²) >= 11 is 12.2. The highest BCUT2D eigenvalue weighted by atomic mass is 35.5. The van der Waals surface area contributed by atoms with Gasteiger partial charge in [-0.2, -0.15) is 0 Å².